The van der Waals surface area contributed by atoms with Gasteiger partial charge >= 0.3 is 0 Å². The molecule has 1 aromatic rings. The number of hydrogen-bond donors (Lipinski definition) is 2. The largest absolute Gasteiger partial charge is 0.313 e. The van der Waals surface area contributed by atoms with Gasteiger partial charge in [-0.1, -0.05) is 19.1 Å². The van der Waals surface area contributed by atoms with Crippen molar-refractivity contribution in [3.63, 3.8) is 0 Å². The SMILES string of the molecule is CCC(NC)c1cccc(S(=O)(=O)NCC(C)(C)SC)c1. The highest BCUT2D eigenvalue weighted by Crippen LogP contribution is 2.22. The van der Waals surface area contributed by atoms with Crippen molar-refractivity contribution < 1.29 is 8.42 Å². The number of sulfonamides is 1. The van der Waals surface area contributed by atoms with Gasteiger partial charge in [0.25, 0.3) is 0 Å². The fourth-order valence-corrected chi connectivity index (χ4v) is 3.50. The van der Waals surface area contributed by atoms with Crippen LogP contribution in [0.3, 0.4) is 0 Å². The first-order chi connectivity index (χ1) is 9.75. The molecule has 0 aliphatic rings. The van der Waals surface area contributed by atoms with Gasteiger partial charge in [0, 0.05) is 17.3 Å². The number of rotatable bonds is 8. The molecule has 0 bridgehead atoms. The predicted molar refractivity (Wildman–Crippen MR) is 91.3 cm³/mol. The van der Waals surface area contributed by atoms with Gasteiger partial charge < -0.3 is 5.32 Å². The minimum absolute atomic E-state index is 0.123. The fraction of sp³-hybridized carbons (Fsp3) is 0.600. The number of thioether (sulfide) groups is 1. The highest BCUT2D eigenvalue weighted by Gasteiger charge is 2.22. The average molecular weight is 331 g/mol. The molecule has 0 fully saturated rings. The van der Waals surface area contributed by atoms with Gasteiger partial charge in [0.1, 0.15) is 0 Å². The monoisotopic (exact) mass is 330 g/mol. The Labute approximate surface area is 133 Å². The van der Waals surface area contributed by atoms with Crippen molar-refractivity contribution >= 4 is 21.8 Å². The minimum Gasteiger partial charge on any atom is -0.313 e. The molecule has 4 nitrogen and oxygen atoms in total. The van der Waals surface area contributed by atoms with Crippen LogP contribution in [0.15, 0.2) is 29.2 Å². The second kappa shape index (κ2) is 7.63. The first-order valence-electron chi connectivity index (χ1n) is 7.08. The Balaban J connectivity index is 2.96. The van der Waals surface area contributed by atoms with E-state index in [0.29, 0.717) is 11.4 Å². The van der Waals surface area contributed by atoms with E-state index in [4.69, 9.17) is 0 Å². The van der Waals surface area contributed by atoms with Gasteiger partial charge in [-0.25, -0.2) is 13.1 Å². The van der Waals surface area contributed by atoms with Crippen LogP contribution in [-0.2, 0) is 10.0 Å². The van der Waals surface area contributed by atoms with Gasteiger partial charge in [-0.3, -0.25) is 0 Å². The lowest BCUT2D eigenvalue weighted by molar-refractivity contribution is 0.565. The number of nitrogens with one attached hydrogen (secondary N) is 2. The molecule has 120 valence electrons. The van der Waals surface area contributed by atoms with E-state index in [2.05, 4.69) is 17.0 Å². The summed E-state index contributed by atoms with van der Waals surface area (Å²) < 4.78 is 27.4. The number of hydrogen-bond acceptors (Lipinski definition) is 4. The Morgan fingerprint density at radius 1 is 1.33 bits per heavy atom. The van der Waals surface area contributed by atoms with E-state index >= 15 is 0 Å². The topological polar surface area (TPSA) is 58.2 Å². The quantitative estimate of drug-likeness (QED) is 0.769. The molecular weight excluding hydrogens is 304 g/mol. The van der Waals surface area contributed by atoms with Crippen LogP contribution in [0.5, 0.6) is 0 Å². The van der Waals surface area contributed by atoms with E-state index in [-0.39, 0.29) is 10.8 Å². The zero-order valence-corrected chi connectivity index (χ0v) is 15.1. The Hall–Kier alpha value is -0.560. The molecular formula is C15H26N2O2S2. The normalized spacial score (nSPS) is 14.1. The van der Waals surface area contributed by atoms with Crippen molar-refractivity contribution in [3.05, 3.63) is 29.8 Å². The molecule has 1 rings (SSSR count). The lowest BCUT2D eigenvalue weighted by Crippen LogP contribution is -2.36. The Morgan fingerprint density at radius 2 is 2.00 bits per heavy atom. The highest BCUT2D eigenvalue weighted by molar-refractivity contribution is 8.00. The summed E-state index contributed by atoms with van der Waals surface area (Å²) >= 11 is 1.64. The molecule has 1 aromatic carbocycles. The van der Waals surface area contributed by atoms with Crippen LogP contribution < -0.4 is 10.0 Å². The molecule has 0 amide bonds. The van der Waals surface area contributed by atoms with E-state index in [1.807, 2.05) is 33.2 Å². The lowest BCUT2D eigenvalue weighted by atomic mass is 10.1. The molecule has 0 radical (unpaired) electrons. The molecule has 1 atom stereocenters. The molecule has 0 spiro atoms. The minimum atomic E-state index is -3.47. The van der Waals surface area contributed by atoms with Gasteiger partial charge in [-0.05, 0) is 51.3 Å². The summed E-state index contributed by atoms with van der Waals surface area (Å²) in [6, 6.07) is 7.31. The molecule has 0 saturated heterocycles. The van der Waals surface area contributed by atoms with Crippen LogP contribution in [0.4, 0.5) is 0 Å². The molecule has 0 aliphatic carbocycles. The summed E-state index contributed by atoms with van der Waals surface area (Å²) in [6.45, 7) is 6.51. The van der Waals surface area contributed by atoms with Crippen molar-refractivity contribution in [2.24, 2.45) is 0 Å². The summed E-state index contributed by atoms with van der Waals surface area (Å²) in [5.74, 6) is 0. The van der Waals surface area contributed by atoms with E-state index in [1.54, 1.807) is 30.0 Å². The summed E-state index contributed by atoms with van der Waals surface area (Å²) in [6.07, 6.45) is 2.89. The third-order valence-electron chi connectivity index (χ3n) is 3.57. The van der Waals surface area contributed by atoms with Crippen molar-refractivity contribution in [1.82, 2.24) is 10.0 Å². The number of benzene rings is 1. The molecule has 0 saturated carbocycles. The summed E-state index contributed by atoms with van der Waals surface area (Å²) in [5, 5.41) is 3.19. The van der Waals surface area contributed by atoms with Crippen LogP contribution in [0.2, 0.25) is 0 Å². The fourth-order valence-electron chi connectivity index (χ4n) is 1.93. The van der Waals surface area contributed by atoms with Crippen molar-refractivity contribution in [3.8, 4) is 0 Å². The zero-order valence-electron chi connectivity index (χ0n) is 13.4. The third-order valence-corrected chi connectivity index (χ3v) is 6.22. The first kappa shape index (κ1) is 18.5. The maximum Gasteiger partial charge on any atom is 0.240 e. The standard InChI is InChI=1S/C15H26N2O2S2/c1-6-14(16-4)12-8-7-9-13(10-12)21(18,19)17-11-15(2,3)20-5/h7-10,14,16-17H,6,11H2,1-5H3. The lowest BCUT2D eigenvalue weighted by Gasteiger charge is -2.22. The first-order valence-corrected chi connectivity index (χ1v) is 9.78. The summed E-state index contributed by atoms with van der Waals surface area (Å²) in [7, 11) is -1.58. The predicted octanol–water partition coefficient (Wildman–Crippen LogP) is 2.78. The van der Waals surface area contributed by atoms with Crippen LogP contribution in [-0.4, -0.2) is 33.0 Å². The van der Waals surface area contributed by atoms with Crippen molar-refractivity contribution in [1.29, 1.82) is 0 Å². The van der Waals surface area contributed by atoms with Crippen molar-refractivity contribution in [2.45, 2.75) is 42.9 Å². The highest BCUT2D eigenvalue weighted by atomic mass is 32.2. The maximum atomic E-state index is 12.4. The van der Waals surface area contributed by atoms with Gasteiger partial charge in [-0.2, -0.15) is 11.8 Å². The van der Waals surface area contributed by atoms with Crippen LogP contribution >= 0.6 is 11.8 Å². The molecule has 21 heavy (non-hydrogen) atoms. The van der Waals surface area contributed by atoms with Gasteiger partial charge in [0.2, 0.25) is 10.0 Å². The van der Waals surface area contributed by atoms with Gasteiger partial charge in [0.15, 0.2) is 0 Å². The van der Waals surface area contributed by atoms with Gasteiger partial charge in [-0.15, -0.1) is 0 Å². The molecule has 1 unspecified atom stereocenters. The van der Waals surface area contributed by atoms with E-state index in [0.717, 1.165) is 12.0 Å². The molecule has 2 N–H and O–H groups in total. The molecule has 0 aromatic heterocycles. The average Bonchev–Trinajstić information content (AvgIpc) is 2.47. The second-order valence-electron chi connectivity index (χ2n) is 5.61. The van der Waals surface area contributed by atoms with E-state index in [9.17, 15) is 8.42 Å². The smallest absolute Gasteiger partial charge is 0.240 e. The van der Waals surface area contributed by atoms with Crippen LogP contribution in [0.1, 0.15) is 38.8 Å². The molecule has 0 heterocycles. The summed E-state index contributed by atoms with van der Waals surface area (Å²) in [4.78, 5) is 0.325. The maximum absolute atomic E-state index is 12.4. The summed E-state index contributed by atoms with van der Waals surface area (Å²) in [5.41, 5.74) is 0.993. The molecule has 6 heteroatoms. The van der Waals surface area contributed by atoms with Gasteiger partial charge in [0.05, 0.1) is 4.90 Å². The zero-order chi connectivity index (χ0) is 16.1. The van der Waals surface area contributed by atoms with Crippen molar-refractivity contribution in [2.75, 3.05) is 19.8 Å². The Morgan fingerprint density at radius 3 is 2.52 bits per heavy atom. The van der Waals surface area contributed by atoms with Crippen LogP contribution in [0, 0.1) is 0 Å². The second-order valence-corrected chi connectivity index (χ2v) is 8.89. The Bertz CT molecular complexity index is 553. The molecule has 0 aliphatic heterocycles. The Kier molecular flexibility index (Phi) is 6.71. The van der Waals surface area contributed by atoms with E-state index in [1.165, 1.54) is 0 Å². The van der Waals surface area contributed by atoms with E-state index < -0.39 is 10.0 Å². The van der Waals surface area contributed by atoms with Crippen LogP contribution in [0.25, 0.3) is 0 Å². The third kappa shape index (κ3) is 5.29.